The van der Waals surface area contributed by atoms with Crippen LogP contribution in [-0.2, 0) is 23.7 Å². The number of halogens is 6. The van der Waals surface area contributed by atoms with E-state index in [1.807, 2.05) is 41.0 Å². The van der Waals surface area contributed by atoms with Crippen LogP contribution in [0.4, 0.5) is 0 Å². The Bertz CT molecular complexity index is 1440. The number of rotatable bonds is 4. The standard InChI is InChI=1S/C25H20Cl6N4O2/c26-24(27,28)22-32-21(33-23(34-22)25(29,30)31)14-10-11-19-17(12-14)16-8-4-5-9-18(16)35(19)13-20(36)37-15-6-2-1-3-7-15/h4-5,8-12,15H,1-3,6-7,13H2. The van der Waals surface area contributed by atoms with E-state index >= 15 is 0 Å². The summed E-state index contributed by atoms with van der Waals surface area (Å²) >= 11 is 36.2. The number of ether oxygens (including phenoxy) is 1. The molecule has 1 fully saturated rings. The molecule has 12 heteroatoms. The number of nitrogens with zero attached hydrogens (tertiary/aromatic N) is 4. The van der Waals surface area contributed by atoms with E-state index in [1.165, 1.54) is 6.42 Å². The van der Waals surface area contributed by atoms with Crippen LogP contribution >= 0.6 is 69.6 Å². The lowest BCUT2D eigenvalue weighted by Gasteiger charge is -2.22. The number of benzene rings is 2. The van der Waals surface area contributed by atoms with Crippen LogP contribution in [0.3, 0.4) is 0 Å². The molecular formula is C25H20Cl6N4O2. The molecule has 194 valence electrons. The first-order chi connectivity index (χ1) is 17.5. The Morgan fingerprint density at radius 2 is 1.46 bits per heavy atom. The zero-order chi connectivity index (χ0) is 26.4. The summed E-state index contributed by atoms with van der Waals surface area (Å²) in [4.78, 5) is 25.5. The van der Waals surface area contributed by atoms with Gasteiger partial charge in [0.2, 0.25) is 7.59 Å². The molecule has 0 unspecified atom stereocenters. The first-order valence-corrected chi connectivity index (χ1v) is 13.9. The fourth-order valence-electron chi connectivity index (χ4n) is 4.66. The minimum absolute atomic E-state index is 0.0102. The molecule has 1 saturated carbocycles. The maximum Gasteiger partial charge on any atom is 0.326 e. The van der Waals surface area contributed by atoms with Crippen molar-refractivity contribution in [2.24, 2.45) is 0 Å². The van der Waals surface area contributed by atoms with Gasteiger partial charge >= 0.3 is 5.97 Å². The normalized spacial score (nSPS) is 15.4. The SMILES string of the molecule is O=C(Cn1c2ccccc2c2cc(-c3nc(C(Cl)(Cl)Cl)nc(C(Cl)(Cl)Cl)n3)ccc21)OC1CCCCC1. The van der Waals surface area contributed by atoms with Crippen molar-refractivity contribution in [3.63, 3.8) is 0 Å². The van der Waals surface area contributed by atoms with E-state index in [-0.39, 0.29) is 36.1 Å². The molecular weight excluding hydrogens is 601 g/mol. The summed E-state index contributed by atoms with van der Waals surface area (Å²) in [7, 11) is 0. The maximum atomic E-state index is 12.9. The highest BCUT2D eigenvalue weighted by molar-refractivity contribution is 6.67. The number of carbonyl (C=O) groups is 1. The van der Waals surface area contributed by atoms with E-state index < -0.39 is 7.59 Å². The van der Waals surface area contributed by atoms with Gasteiger partial charge in [0.05, 0.1) is 0 Å². The lowest BCUT2D eigenvalue weighted by molar-refractivity contribution is -0.151. The lowest BCUT2D eigenvalue weighted by atomic mass is 9.98. The minimum atomic E-state index is -1.96. The lowest BCUT2D eigenvalue weighted by Crippen LogP contribution is -2.23. The molecule has 0 amide bonds. The average molecular weight is 621 g/mol. The van der Waals surface area contributed by atoms with Gasteiger partial charge in [0.15, 0.2) is 17.5 Å². The molecule has 2 heterocycles. The van der Waals surface area contributed by atoms with Crippen molar-refractivity contribution in [1.29, 1.82) is 0 Å². The van der Waals surface area contributed by atoms with Crippen LogP contribution in [0.15, 0.2) is 42.5 Å². The first-order valence-electron chi connectivity index (χ1n) is 11.6. The van der Waals surface area contributed by atoms with Crippen molar-refractivity contribution in [1.82, 2.24) is 19.5 Å². The summed E-state index contributed by atoms with van der Waals surface area (Å²) in [5.41, 5.74) is 2.34. The Balaban J connectivity index is 1.58. The predicted molar refractivity (Wildman–Crippen MR) is 150 cm³/mol. The van der Waals surface area contributed by atoms with Gasteiger partial charge in [-0.05, 0) is 49.9 Å². The van der Waals surface area contributed by atoms with Crippen molar-refractivity contribution in [3.8, 4) is 11.4 Å². The number of carbonyl (C=O) groups excluding carboxylic acids is 1. The Kier molecular flexibility index (Phi) is 7.71. The van der Waals surface area contributed by atoms with Gasteiger partial charge < -0.3 is 9.30 Å². The first kappa shape index (κ1) is 27.0. The number of esters is 1. The second-order valence-electron chi connectivity index (χ2n) is 8.89. The van der Waals surface area contributed by atoms with Crippen LogP contribution in [0.1, 0.15) is 43.8 Å². The summed E-state index contributed by atoms with van der Waals surface area (Å²) < 4.78 is 3.82. The van der Waals surface area contributed by atoms with Gasteiger partial charge in [0, 0.05) is 27.4 Å². The van der Waals surface area contributed by atoms with Crippen molar-refractivity contribution >= 4 is 97.4 Å². The van der Waals surface area contributed by atoms with Gasteiger partial charge in [-0.15, -0.1) is 0 Å². The number of hydrogen-bond acceptors (Lipinski definition) is 5. The summed E-state index contributed by atoms with van der Waals surface area (Å²) in [6.45, 7) is 0.0977. The van der Waals surface area contributed by atoms with E-state index in [0.29, 0.717) is 5.56 Å². The van der Waals surface area contributed by atoms with Gasteiger partial charge in [-0.1, -0.05) is 94.2 Å². The van der Waals surface area contributed by atoms with Gasteiger partial charge in [-0.3, -0.25) is 4.79 Å². The zero-order valence-corrected chi connectivity index (χ0v) is 23.8. The smallest absolute Gasteiger partial charge is 0.326 e. The Morgan fingerprint density at radius 1 is 0.838 bits per heavy atom. The van der Waals surface area contributed by atoms with Crippen LogP contribution in [0.5, 0.6) is 0 Å². The topological polar surface area (TPSA) is 69.9 Å². The van der Waals surface area contributed by atoms with Crippen LogP contribution in [-0.4, -0.2) is 31.6 Å². The molecule has 5 rings (SSSR count). The van der Waals surface area contributed by atoms with E-state index in [9.17, 15) is 4.79 Å². The van der Waals surface area contributed by atoms with Crippen molar-refractivity contribution in [2.45, 2.75) is 52.3 Å². The van der Waals surface area contributed by atoms with Gasteiger partial charge in [0.1, 0.15) is 12.6 Å². The van der Waals surface area contributed by atoms with E-state index in [2.05, 4.69) is 15.0 Å². The Hall–Kier alpha value is -1.54. The van der Waals surface area contributed by atoms with Gasteiger partial charge in [0.25, 0.3) is 0 Å². The highest BCUT2D eigenvalue weighted by Gasteiger charge is 2.34. The van der Waals surface area contributed by atoms with Gasteiger partial charge in [-0.25, -0.2) is 15.0 Å². The summed E-state index contributed by atoms with van der Waals surface area (Å²) in [5.74, 6) is -0.419. The van der Waals surface area contributed by atoms with Crippen LogP contribution in [0.2, 0.25) is 0 Å². The molecule has 1 aliphatic carbocycles. The van der Waals surface area contributed by atoms with Crippen LogP contribution < -0.4 is 0 Å². The van der Waals surface area contributed by atoms with Crippen molar-refractivity contribution in [3.05, 3.63) is 54.1 Å². The largest absolute Gasteiger partial charge is 0.461 e. The molecule has 0 bridgehead atoms. The summed E-state index contributed by atoms with van der Waals surface area (Å²) in [5, 5.41) is 1.83. The highest BCUT2D eigenvalue weighted by Crippen LogP contribution is 2.41. The molecule has 4 aromatic rings. The van der Waals surface area contributed by atoms with E-state index in [0.717, 1.165) is 47.5 Å². The molecule has 2 aromatic heterocycles. The molecule has 0 radical (unpaired) electrons. The molecule has 37 heavy (non-hydrogen) atoms. The number of para-hydroxylation sites is 1. The second kappa shape index (κ2) is 10.6. The number of fused-ring (bicyclic) bond motifs is 3. The maximum absolute atomic E-state index is 12.9. The average Bonchev–Trinajstić information content (AvgIpc) is 3.16. The third-order valence-electron chi connectivity index (χ3n) is 6.31. The van der Waals surface area contributed by atoms with E-state index in [1.54, 1.807) is 6.07 Å². The summed E-state index contributed by atoms with van der Waals surface area (Å²) in [6, 6.07) is 13.4. The predicted octanol–water partition coefficient (Wildman–Crippen LogP) is 8.18. The number of aromatic nitrogens is 4. The molecule has 0 saturated heterocycles. The second-order valence-corrected chi connectivity index (χ2v) is 13.4. The van der Waals surface area contributed by atoms with E-state index in [4.69, 9.17) is 74.3 Å². The van der Waals surface area contributed by atoms with Crippen molar-refractivity contribution < 1.29 is 9.53 Å². The van der Waals surface area contributed by atoms with Crippen LogP contribution in [0.25, 0.3) is 33.2 Å². The molecule has 0 N–H and O–H groups in total. The molecule has 0 aliphatic heterocycles. The molecule has 1 aliphatic rings. The summed E-state index contributed by atoms with van der Waals surface area (Å²) in [6.07, 6.45) is 5.20. The Labute approximate surface area is 243 Å². The third-order valence-corrected chi connectivity index (χ3v) is 7.32. The fourth-order valence-corrected chi connectivity index (χ4v) is 5.16. The van der Waals surface area contributed by atoms with Crippen LogP contribution in [0, 0.1) is 0 Å². The molecule has 6 nitrogen and oxygen atoms in total. The molecule has 0 spiro atoms. The van der Waals surface area contributed by atoms with Gasteiger partial charge in [-0.2, -0.15) is 0 Å². The number of alkyl halides is 6. The quantitative estimate of drug-likeness (QED) is 0.170. The highest BCUT2D eigenvalue weighted by atomic mass is 35.6. The minimum Gasteiger partial charge on any atom is -0.461 e. The third kappa shape index (κ3) is 5.90. The monoisotopic (exact) mass is 618 g/mol. The molecule has 2 aromatic carbocycles. The zero-order valence-electron chi connectivity index (χ0n) is 19.2. The Morgan fingerprint density at radius 3 is 2.11 bits per heavy atom. The van der Waals surface area contributed by atoms with Crippen molar-refractivity contribution in [2.75, 3.05) is 0 Å². The number of hydrogen-bond donors (Lipinski definition) is 0. The molecule has 0 atom stereocenters. The fraction of sp³-hybridized carbons (Fsp3) is 0.360.